The molecule has 0 saturated heterocycles. The van der Waals surface area contributed by atoms with Crippen molar-refractivity contribution in [2.45, 2.75) is 105 Å². The van der Waals surface area contributed by atoms with Crippen molar-refractivity contribution in [1.29, 1.82) is 0 Å². The molecule has 3 heteroatoms. The molecule has 0 spiro atoms. The maximum Gasteiger partial charge on any atom is 0.309 e. The molecule has 1 rings (SSSR count). The highest BCUT2D eigenvalue weighted by Crippen LogP contribution is 2.40. The normalized spacial score (nSPS) is 13.4. The average molecular weight is 391 g/mol. The van der Waals surface area contributed by atoms with Crippen molar-refractivity contribution < 1.29 is 14.6 Å². The van der Waals surface area contributed by atoms with Crippen LogP contribution in [0.4, 0.5) is 0 Å². The predicted octanol–water partition coefficient (Wildman–Crippen LogP) is 6.68. The second kappa shape index (κ2) is 10.3. The van der Waals surface area contributed by atoms with E-state index in [2.05, 4.69) is 60.6 Å². The maximum atomic E-state index is 12.6. The van der Waals surface area contributed by atoms with E-state index in [0.717, 1.165) is 36.0 Å². The Hall–Kier alpha value is -1.51. The van der Waals surface area contributed by atoms with Crippen LogP contribution in [0.1, 0.15) is 104 Å². The van der Waals surface area contributed by atoms with Crippen molar-refractivity contribution in [3.8, 4) is 5.75 Å². The second-order valence-corrected chi connectivity index (χ2v) is 10.0. The Bertz CT molecular complexity index is 597. The molecule has 0 aliphatic carbocycles. The zero-order valence-electron chi connectivity index (χ0n) is 19.4. The molecule has 1 atom stereocenters. The molecule has 3 nitrogen and oxygen atoms in total. The lowest BCUT2D eigenvalue weighted by molar-refractivity contribution is -0.148. The summed E-state index contributed by atoms with van der Waals surface area (Å²) in [4.78, 5) is 12.6. The minimum atomic E-state index is -0.166. The Kier molecular flexibility index (Phi) is 9.04. The SMILES string of the molecule is CCCCCCC(Cc1cc(C(C)(C)C)c(O)c(C(C)(C)C)c1)C(=O)OCC. The van der Waals surface area contributed by atoms with Gasteiger partial charge in [-0.3, -0.25) is 4.79 Å². The van der Waals surface area contributed by atoms with Gasteiger partial charge >= 0.3 is 5.97 Å². The van der Waals surface area contributed by atoms with Crippen LogP contribution in [0.5, 0.6) is 5.75 Å². The minimum absolute atomic E-state index is 0.0957. The van der Waals surface area contributed by atoms with Gasteiger partial charge in [-0.25, -0.2) is 0 Å². The highest BCUT2D eigenvalue weighted by atomic mass is 16.5. The van der Waals surface area contributed by atoms with Crippen LogP contribution in [-0.4, -0.2) is 17.7 Å². The number of hydrogen-bond acceptors (Lipinski definition) is 3. The van der Waals surface area contributed by atoms with Gasteiger partial charge in [0.25, 0.3) is 0 Å². The zero-order chi connectivity index (χ0) is 21.5. The molecule has 0 amide bonds. The van der Waals surface area contributed by atoms with Gasteiger partial charge in [0.1, 0.15) is 5.75 Å². The standard InChI is InChI=1S/C25H42O3/c1-9-11-12-13-14-19(23(27)28-10-2)15-18-16-20(24(3,4)5)22(26)21(17-18)25(6,7)8/h16-17,19,26H,9-15H2,1-8H3. The summed E-state index contributed by atoms with van der Waals surface area (Å²) in [6.45, 7) is 17.2. The fourth-order valence-corrected chi connectivity index (χ4v) is 3.62. The van der Waals surface area contributed by atoms with Gasteiger partial charge in [-0.05, 0) is 47.3 Å². The monoisotopic (exact) mass is 390 g/mol. The summed E-state index contributed by atoms with van der Waals surface area (Å²) < 4.78 is 5.36. The Labute approximate surface area is 172 Å². The van der Waals surface area contributed by atoms with Crippen molar-refractivity contribution >= 4 is 5.97 Å². The quantitative estimate of drug-likeness (QED) is 0.378. The number of ether oxygens (including phenoxy) is 1. The van der Waals surface area contributed by atoms with E-state index in [4.69, 9.17) is 4.74 Å². The molecule has 0 aliphatic rings. The summed E-state index contributed by atoms with van der Waals surface area (Å²) in [7, 11) is 0. The highest BCUT2D eigenvalue weighted by Gasteiger charge is 2.28. The number of unbranched alkanes of at least 4 members (excludes halogenated alkanes) is 3. The lowest BCUT2D eigenvalue weighted by Crippen LogP contribution is -2.22. The summed E-state index contributed by atoms with van der Waals surface area (Å²) in [5.74, 6) is 0.169. The molecule has 0 saturated carbocycles. The number of rotatable bonds is 9. The van der Waals surface area contributed by atoms with Crippen molar-refractivity contribution in [1.82, 2.24) is 0 Å². The largest absolute Gasteiger partial charge is 0.507 e. The van der Waals surface area contributed by atoms with E-state index in [1.807, 2.05) is 6.92 Å². The van der Waals surface area contributed by atoms with E-state index in [-0.39, 0.29) is 22.7 Å². The Morgan fingerprint density at radius 1 is 0.964 bits per heavy atom. The molecule has 1 aromatic carbocycles. The van der Waals surface area contributed by atoms with Gasteiger partial charge in [-0.15, -0.1) is 0 Å². The number of phenols is 1. The first kappa shape index (κ1) is 24.5. The molecule has 28 heavy (non-hydrogen) atoms. The van der Waals surface area contributed by atoms with Crippen LogP contribution >= 0.6 is 0 Å². The van der Waals surface area contributed by atoms with Gasteiger partial charge in [-0.1, -0.05) is 86.3 Å². The lowest BCUT2D eigenvalue weighted by Gasteiger charge is -2.29. The Morgan fingerprint density at radius 3 is 1.93 bits per heavy atom. The van der Waals surface area contributed by atoms with Crippen LogP contribution in [0.25, 0.3) is 0 Å². The van der Waals surface area contributed by atoms with Gasteiger partial charge in [0, 0.05) is 0 Å². The van der Waals surface area contributed by atoms with Crippen LogP contribution in [0.2, 0.25) is 0 Å². The van der Waals surface area contributed by atoms with Crippen molar-refractivity contribution in [3.05, 3.63) is 28.8 Å². The second-order valence-electron chi connectivity index (χ2n) is 10.0. The number of hydrogen-bond donors (Lipinski definition) is 1. The number of esters is 1. The van der Waals surface area contributed by atoms with Gasteiger partial charge < -0.3 is 9.84 Å². The molecular weight excluding hydrogens is 348 g/mol. The number of carbonyl (C=O) groups excluding carboxylic acids is 1. The first-order valence-corrected chi connectivity index (χ1v) is 10.9. The van der Waals surface area contributed by atoms with E-state index in [1.165, 1.54) is 12.8 Å². The number of phenolic OH excluding ortho intramolecular Hbond substituents is 1. The van der Waals surface area contributed by atoms with Gasteiger partial charge in [0.05, 0.1) is 12.5 Å². The van der Waals surface area contributed by atoms with Crippen LogP contribution < -0.4 is 0 Å². The molecule has 160 valence electrons. The van der Waals surface area contributed by atoms with Gasteiger partial charge in [-0.2, -0.15) is 0 Å². The highest BCUT2D eigenvalue weighted by molar-refractivity contribution is 5.73. The summed E-state index contributed by atoms with van der Waals surface area (Å²) in [6, 6.07) is 4.17. The van der Waals surface area contributed by atoms with Crippen molar-refractivity contribution in [2.75, 3.05) is 6.61 Å². The van der Waals surface area contributed by atoms with E-state index in [9.17, 15) is 9.90 Å². The molecule has 0 bridgehead atoms. The van der Waals surface area contributed by atoms with E-state index in [1.54, 1.807) is 0 Å². The predicted molar refractivity (Wildman–Crippen MR) is 118 cm³/mol. The average Bonchev–Trinajstić information content (AvgIpc) is 2.56. The van der Waals surface area contributed by atoms with E-state index >= 15 is 0 Å². The Morgan fingerprint density at radius 2 is 1.50 bits per heavy atom. The maximum absolute atomic E-state index is 12.6. The van der Waals surface area contributed by atoms with Gasteiger partial charge in [0.15, 0.2) is 0 Å². The fourth-order valence-electron chi connectivity index (χ4n) is 3.62. The van der Waals surface area contributed by atoms with Crippen LogP contribution in [-0.2, 0) is 26.8 Å². The minimum Gasteiger partial charge on any atom is -0.507 e. The van der Waals surface area contributed by atoms with Gasteiger partial charge in [0.2, 0.25) is 0 Å². The van der Waals surface area contributed by atoms with E-state index in [0.29, 0.717) is 18.8 Å². The molecule has 0 aliphatic heterocycles. The van der Waals surface area contributed by atoms with Crippen LogP contribution in [0, 0.1) is 5.92 Å². The summed E-state index contributed by atoms with van der Waals surface area (Å²) in [5.41, 5.74) is 2.68. The molecule has 1 aromatic rings. The number of aromatic hydroxyl groups is 1. The number of carbonyl (C=O) groups is 1. The molecular formula is C25H42O3. The zero-order valence-corrected chi connectivity index (χ0v) is 19.4. The Balaban J connectivity index is 3.24. The number of benzene rings is 1. The summed E-state index contributed by atoms with van der Waals surface area (Å²) >= 11 is 0. The molecule has 0 radical (unpaired) electrons. The third-order valence-electron chi connectivity index (χ3n) is 5.29. The lowest BCUT2D eigenvalue weighted by atomic mass is 9.77. The molecule has 1 N–H and O–H groups in total. The van der Waals surface area contributed by atoms with Crippen LogP contribution in [0.15, 0.2) is 12.1 Å². The topological polar surface area (TPSA) is 46.5 Å². The van der Waals surface area contributed by atoms with Crippen molar-refractivity contribution in [3.63, 3.8) is 0 Å². The molecule has 0 heterocycles. The molecule has 0 fully saturated rings. The van der Waals surface area contributed by atoms with Crippen molar-refractivity contribution in [2.24, 2.45) is 5.92 Å². The fraction of sp³-hybridized carbons (Fsp3) is 0.720. The first-order valence-electron chi connectivity index (χ1n) is 10.9. The molecule has 0 aromatic heterocycles. The smallest absolute Gasteiger partial charge is 0.309 e. The first-order chi connectivity index (χ1) is 12.9. The third-order valence-corrected chi connectivity index (χ3v) is 5.29. The van der Waals surface area contributed by atoms with E-state index < -0.39 is 0 Å². The third kappa shape index (κ3) is 7.14. The summed E-state index contributed by atoms with van der Waals surface area (Å²) in [5, 5.41) is 10.9. The summed E-state index contributed by atoms with van der Waals surface area (Å²) in [6.07, 6.45) is 6.12. The molecule has 1 unspecified atom stereocenters. The van der Waals surface area contributed by atoms with Crippen LogP contribution in [0.3, 0.4) is 0 Å².